The quantitative estimate of drug-likeness (QED) is 0.856. The Morgan fingerprint density at radius 1 is 1.50 bits per heavy atom. The maximum atomic E-state index is 12.3. The van der Waals surface area contributed by atoms with E-state index in [0.29, 0.717) is 6.54 Å². The summed E-state index contributed by atoms with van der Waals surface area (Å²) in [5.41, 5.74) is 1.02. The molecule has 1 saturated heterocycles. The van der Waals surface area contributed by atoms with Crippen molar-refractivity contribution in [3.63, 3.8) is 0 Å². The predicted molar refractivity (Wildman–Crippen MR) is 78.8 cm³/mol. The van der Waals surface area contributed by atoms with Crippen LogP contribution in [0.4, 0.5) is 5.82 Å². The van der Waals surface area contributed by atoms with Gasteiger partial charge in [0.25, 0.3) is 0 Å². The minimum atomic E-state index is -0.197. The molecule has 20 heavy (non-hydrogen) atoms. The molecule has 1 amide bonds. The first-order chi connectivity index (χ1) is 9.52. The van der Waals surface area contributed by atoms with Crippen molar-refractivity contribution in [2.75, 3.05) is 38.6 Å². The number of piperazine rings is 1. The van der Waals surface area contributed by atoms with Crippen LogP contribution >= 0.6 is 0 Å². The third-order valence-corrected chi connectivity index (χ3v) is 3.50. The van der Waals surface area contributed by atoms with Crippen molar-refractivity contribution in [1.82, 2.24) is 20.2 Å². The molecule has 110 valence electrons. The maximum absolute atomic E-state index is 12.3. The number of hydrogen-bond donors (Lipinski definition) is 1. The van der Waals surface area contributed by atoms with E-state index in [0.717, 1.165) is 36.8 Å². The molecule has 1 N–H and O–H groups in total. The van der Waals surface area contributed by atoms with Crippen LogP contribution in [-0.4, -0.2) is 60.5 Å². The minimum absolute atomic E-state index is 0.103. The Kier molecular flexibility index (Phi) is 4.54. The molecule has 6 heteroatoms. The van der Waals surface area contributed by atoms with Crippen molar-refractivity contribution >= 4 is 11.7 Å². The molecule has 1 atom stereocenters. The second kappa shape index (κ2) is 6.17. The van der Waals surface area contributed by atoms with Gasteiger partial charge in [-0.1, -0.05) is 6.92 Å². The molecule has 0 saturated carbocycles. The lowest BCUT2D eigenvalue weighted by Gasteiger charge is -2.37. The van der Waals surface area contributed by atoms with Gasteiger partial charge in [0.2, 0.25) is 5.91 Å². The number of nitrogens with zero attached hydrogens (tertiary/aromatic N) is 4. The second-order valence-electron chi connectivity index (χ2n) is 5.26. The first-order valence-electron chi connectivity index (χ1n) is 7.06. The van der Waals surface area contributed by atoms with Crippen LogP contribution in [0.15, 0.2) is 6.07 Å². The fourth-order valence-electron chi connectivity index (χ4n) is 2.44. The summed E-state index contributed by atoms with van der Waals surface area (Å²) in [4.78, 5) is 25.0. The van der Waals surface area contributed by atoms with Crippen molar-refractivity contribution in [2.45, 2.75) is 26.3 Å². The van der Waals surface area contributed by atoms with Crippen LogP contribution in [-0.2, 0) is 11.2 Å². The van der Waals surface area contributed by atoms with Crippen LogP contribution in [0.2, 0.25) is 0 Å². The molecular weight excluding hydrogens is 254 g/mol. The summed E-state index contributed by atoms with van der Waals surface area (Å²) in [5, 5.41) is 3.28. The van der Waals surface area contributed by atoms with Crippen LogP contribution in [0.25, 0.3) is 0 Å². The molecule has 0 bridgehead atoms. The van der Waals surface area contributed by atoms with Crippen LogP contribution < -0.4 is 10.2 Å². The van der Waals surface area contributed by atoms with Gasteiger partial charge < -0.3 is 15.1 Å². The highest BCUT2D eigenvalue weighted by atomic mass is 16.2. The minimum Gasteiger partial charge on any atom is -0.347 e. The topological polar surface area (TPSA) is 61.4 Å². The number of carbonyl (C=O) groups is 1. The molecule has 1 unspecified atom stereocenters. The third-order valence-electron chi connectivity index (χ3n) is 3.50. The highest BCUT2D eigenvalue weighted by Crippen LogP contribution is 2.18. The average Bonchev–Trinajstić information content (AvgIpc) is 2.45. The standard InChI is InChI=1S/C14H23N5O/c1-5-11-8-13(17-10(2)16-11)19-7-6-15-9-12(19)14(20)18(3)4/h8,12,15H,5-7,9H2,1-4H3. The van der Waals surface area contributed by atoms with Crippen molar-refractivity contribution in [2.24, 2.45) is 0 Å². The summed E-state index contributed by atoms with van der Waals surface area (Å²) in [6, 6.07) is 1.80. The Morgan fingerprint density at radius 2 is 2.25 bits per heavy atom. The van der Waals surface area contributed by atoms with Gasteiger partial charge in [-0.3, -0.25) is 4.79 Å². The van der Waals surface area contributed by atoms with Gasteiger partial charge in [-0.15, -0.1) is 0 Å². The lowest BCUT2D eigenvalue weighted by molar-refractivity contribution is -0.130. The summed E-state index contributed by atoms with van der Waals surface area (Å²) < 4.78 is 0. The molecule has 1 aromatic rings. The Hall–Kier alpha value is -1.69. The van der Waals surface area contributed by atoms with Crippen LogP contribution in [0.5, 0.6) is 0 Å². The Balaban J connectivity index is 2.32. The van der Waals surface area contributed by atoms with Crippen molar-refractivity contribution in [3.05, 3.63) is 17.6 Å². The molecule has 1 aliphatic heterocycles. The molecule has 2 rings (SSSR count). The molecule has 1 fully saturated rings. The molecule has 1 aliphatic rings. The number of hydrogen-bond acceptors (Lipinski definition) is 5. The Morgan fingerprint density at radius 3 is 2.90 bits per heavy atom. The smallest absolute Gasteiger partial charge is 0.246 e. The fourth-order valence-corrected chi connectivity index (χ4v) is 2.44. The first kappa shape index (κ1) is 14.7. The predicted octanol–water partition coefficient (Wildman–Crippen LogP) is 0.214. The summed E-state index contributed by atoms with van der Waals surface area (Å²) in [7, 11) is 3.58. The molecular formula is C14H23N5O. The highest BCUT2D eigenvalue weighted by Gasteiger charge is 2.30. The van der Waals surface area contributed by atoms with E-state index in [1.54, 1.807) is 19.0 Å². The maximum Gasteiger partial charge on any atom is 0.246 e. The molecule has 0 aliphatic carbocycles. The Bertz CT molecular complexity index is 488. The number of aromatic nitrogens is 2. The highest BCUT2D eigenvalue weighted by molar-refractivity contribution is 5.85. The van der Waals surface area contributed by atoms with E-state index in [4.69, 9.17) is 0 Å². The SMILES string of the molecule is CCc1cc(N2CCNCC2C(=O)N(C)C)nc(C)n1. The molecule has 0 radical (unpaired) electrons. The fraction of sp³-hybridized carbons (Fsp3) is 0.643. The summed E-state index contributed by atoms with van der Waals surface area (Å²) in [6.07, 6.45) is 0.870. The van der Waals surface area contributed by atoms with Crippen molar-refractivity contribution in [3.8, 4) is 0 Å². The van der Waals surface area contributed by atoms with Gasteiger partial charge in [-0.25, -0.2) is 9.97 Å². The van der Waals surface area contributed by atoms with Gasteiger partial charge in [-0.05, 0) is 13.3 Å². The van der Waals surface area contributed by atoms with E-state index >= 15 is 0 Å². The molecule has 0 aromatic carbocycles. The van der Waals surface area contributed by atoms with Crippen molar-refractivity contribution < 1.29 is 4.79 Å². The van der Waals surface area contributed by atoms with E-state index in [-0.39, 0.29) is 11.9 Å². The monoisotopic (exact) mass is 277 g/mol. The Labute approximate surface area is 120 Å². The molecule has 1 aromatic heterocycles. The van der Waals surface area contributed by atoms with E-state index in [1.165, 1.54) is 0 Å². The van der Waals surface area contributed by atoms with Crippen LogP contribution in [0, 0.1) is 6.92 Å². The number of carbonyl (C=O) groups excluding carboxylic acids is 1. The van der Waals surface area contributed by atoms with E-state index in [1.807, 2.05) is 13.0 Å². The largest absolute Gasteiger partial charge is 0.347 e. The summed E-state index contributed by atoms with van der Waals surface area (Å²) in [5.74, 6) is 1.72. The zero-order valence-corrected chi connectivity index (χ0v) is 12.7. The third kappa shape index (κ3) is 3.07. The van der Waals surface area contributed by atoms with Gasteiger partial charge in [-0.2, -0.15) is 0 Å². The number of nitrogens with one attached hydrogen (secondary N) is 1. The van der Waals surface area contributed by atoms with Crippen molar-refractivity contribution in [1.29, 1.82) is 0 Å². The van der Waals surface area contributed by atoms with Crippen LogP contribution in [0.3, 0.4) is 0 Å². The summed E-state index contributed by atoms with van der Waals surface area (Å²) in [6.45, 7) is 6.27. The van der Waals surface area contributed by atoms with E-state index in [2.05, 4.69) is 27.1 Å². The second-order valence-corrected chi connectivity index (χ2v) is 5.26. The number of aryl methyl sites for hydroxylation is 2. The van der Waals surface area contributed by atoms with E-state index in [9.17, 15) is 4.79 Å². The van der Waals surface area contributed by atoms with Gasteiger partial charge in [0.05, 0.1) is 0 Å². The zero-order chi connectivity index (χ0) is 14.7. The first-order valence-corrected chi connectivity index (χ1v) is 7.06. The molecule has 6 nitrogen and oxygen atoms in total. The van der Waals surface area contributed by atoms with Crippen LogP contribution in [0.1, 0.15) is 18.4 Å². The zero-order valence-electron chi connectivity index (χ0n) is 12.7. The number of rotatable bonds is 3. The number of amides is 1. The number of anilines is 1. The van der Waals surface area contributed by atoms with Gasteiger partial charge >= 0.3 is 0 Å². The van der Waals surface area contributed by atoms with Gasteiger partial charge in [0.15, 0.2) is 0 Å². The normalized spacial score (nSPS) is 19.0. The van der Waals surface area contributed by atoms with E-state index < -0.39 is 0 Å². The molecule has 2 heterocycles. The number of likely N-dealkylation sites (N-methyl/N-ethyl adjacent to an activating group) is 1. The lowest BCUT2D eigenvalue weighted by Crippen LogP contribution is -2.58. The molecule has 0 spiro atoms. The van der Waals surface area contributed by atoms with Gasteiger partial charge in [0, 0.05) is 45.5 Å². The van der Waals surface area contributed by atoms with Gasteiger partial charge in [0.1, 0.15) is 17.7 Å². The average molecular weight is 277 g/mol. The summed E-state index contributed by atoms with van der Waals surface area (Å²) >= 11 is 0. The lowest BCUT2D eigenvalue weighted by atomic mass is 10.1.